The fourth-order valence-electron chi connectivity index (χ4n) is 4.21. The number of hydrogen-bond donors (Lipinski definition) is 1. The normalized spacial score (nSPS) is 23.2. The first-order valence-corrected chi connectivity index (χ1v) is 9.34. The maximum absolute atomic E-state index is 13.1. The number of allylic oxidation sites excluding steroid dienone is 2. The molecule has 0 radical (unpaired) electrons. The highest BCUT2D eigenvalue weighted by Crippen LogP contribution is 2.46. The van der Waals surface area contributed by atoms with Crippen molar-refractivity contribution in [2.75, 3.05) is 18.5 Å². The van der Waals surface area contributed by atoms with Gasteiger partial charge in [-0.05, 0) is 29.5 Å². The van der Waals surface area contributed by atoms with Crippen LogP contribution in [-0.4, -0.2) is 33.8 Å². The maximum atomic E-state index is 13.1. The summed E-state index contributed by atoms with van der Waals surface area (Å²) in [6, 6.07) is 5.58. The number of benzene rings is 1. The standard InChI is InChI=1S/C20H22N4O3/c1-20(2)9-13-17(14(25)10-20)18(24-19(23-13)21-11-22-24)12-4-5-15-16(8-12)27-7-3-6-26-15/h4-5,8,11,18H,3,6-7,9-10H2,1-2H3,(H,21,22,23). The Labute approximate surface area is 157 Å². The first-order chi connectivity index (χ1) is 13.0. The Balaban J connectivity index is 1.65. The van der Waals surface area contributed by atoms with Gasteiger partial charge in [-0.25, -0.2) is 4.68 Å². The Morgan fingerprint density at radius 3 is 2.85 bits per heavy atom. The van der Waals surface area contributed by atoms with E-state index in [2.05, 4.69) is 29.2 Å². The molecule has 5 rings (SSSR count). The summed E-state index contributed by atoms with van der Waals surface area (Å²) in [6.07, 6.45) is 3.71. The molecular formula is C20H22N4O3. The number of carbonyl (C=O) groups is 1. The zero-order valence-electron chi connectivity index (χ0n) is 15.5. The van der Waals surface area contributed by atoms with Crippen LogP contribution in [-0.2, 0) is 4.79 Å². The first-order valence-electron chi connectivity index (χ1n) is 9.34. The van der Waals surface area contributed by atoms with Gasteiger partial charge in [0.2, 0.25) is 5.95 Å². The van der Waals surface area contributed by atoms with E-state index < -0.39 is 0 Å². The van der Waals surface area contributed by atoms with Gasteiger partial charge in [0.05, 0.1) is 13.2 Å². The summed E-state index contributed by atoms with van der Waals surface area (Å²) in [7, 11) is 0. The number of ether oxygens (including phenoxy) is 2. The van der Waals surface area contributed by atoms with E-state index >= 15 is 0 Å². The van der Waals surface area contributed by atoms with Crippen LogP contribution in [0.2, 0.25) is 0 Å². The average Bonchev–Trinajstić information content (AvgIpc) is 2.94. The van der Waals surface area contributed by atoms with Crippen molar-refractivity contribution >= 4 is 11.7 Å². The third-order valence-electron chi connectivity index (χ3n) is 5.36. The number of nitrogens with one attached hydrogen (secondary N) is 1. The maximum Gasteiger partial charge on any atom is 0.226 e. The van der Waals surface area contributed by atoms with Gasteiger partial charge in [0.15, 0.2) is 17.3 Å². The highest BCUT2D eigenvalue weighted by molar-refractivity contribution is 6.00. The van der Waals surface area contributed by atoms with Crippen LogP contribution in [0, 0.1) is 5.41 Å². The van der Waals surface area contributed by atoms with E-state index in [4.69, 9.17) is 9.47 Å². The molecule has 3 aliphatic rings. The number of fused-ring (bicyclic) bond motifs is 2. The molecule has 0 saturated carbocycles. The molecule has 1 aromatic heterocycles. The Bertz CT molecular complexity index is 960. The molecule has 2 aromatic rings. The number of Topliss-reactive ketones (excluding diaryl/α,β-unsaturated/α-hetero) is 1. The van der Waals surface area contributed by atoms with Crippen LogP contribution in [0.25, 0.3) is 0 Å². The largest absolute Gasteiger partial charge is 0.490 e. The number of nitrogens with zero attached hydrogens (tertiary/aromatic N) is 3. The van der Waals surface area contributed by atoms with Crippen molar-refractivity contribution in [2.24, 2.45) is 5.41 Å². The van der Waals surface area contributed by atoms with Gasteiger partial charge in [0.1, 0.15) is 12.4 Å². The molecule has 3 heterocycles. The second kappa shape index (κ2) is 5.84. The summed E-state index contributed by atoms with van der Waals surface area (Å²) in [4.78, 5) is 17.4. The summed E-state index contributed by atoms with van der Waals surface area (Å²) in [5.74, 6) is 2.29. The zero-order valence-corrected chi connectivity index (χ0v) is 15.5. The van der Waals surface area contributed by atoms with Crippen LogP contribution in [0.4, 0.5) is 5.95 Å². The summed E-state index contributed by atoms with van der Waals surface area (Å²) in [6.45, 7) is 5.52. The highest BCUT2D eigenvalue weighted by atomic mass is 16.5. The van der Waals surface area contributed by atoms with Crippen LogP contribution in [0.3, 0.4) is 0 Å². The van der Waals surface area contributed by atoms with E-state index in [-0.39, 0.29) is 17.2 Å². The molecule has 1 aromatic carbocycles. The highest BCUT2D eigenvalue weighted by Gasteiger charge is 2.41. The van der Waals surface area contributed by atoms with Gasteiger partial charge in [0.25, 0.3) is 0 Å². The summed E-state index contributed by atoms with van der Waals surface area (Å²) in [5.41, 5.74) is 2.61. The molecule has 1 N–H and O–H groups in total. The van der Waals surface area contributed by atoms with Gasteiger partial charge in [-0.2, -0.15) is 10.1 Å². The molecule has 7 heteroatoms. The number of hydrogen-bond acceptors (Lipinski definition) is 6. The van der Waals surface area contributed by atoms with E-state index in [1.54, 1.807) is 4.68 Å². The van der Waals surface area contributed by atoms with E-state index in [0.29, 0.717) is 25.6 Å². The van der Waals surface area contributed by atoms with E-state index in [1.807, 2.05) is 18.2 Å². The van der Waals surface area contributed by atoms with Crippen LogP contribution in [0.15, 0.2) is 35.8 Å². The quantitative estimate of drug-likeness (QED) is 0.836. The molecule has 7 nitrogen and oxygen atoms in total. The fourth-order valence-corrected chi connectivity index (χ4v) is 4.21. The lowest BCUT2D eigenvalue weighted by molar-refractivity contribution is -0.118. The van der Waals surface area contributed by atoms with Crippen LogP contribution >= 0.6 is 0 Å². The predicted octanol–water partition coefficient (Wildman–Crippen LogP) is 3.10. The molecule has 0 fully saturated rings. The topological polar surface area (TPSA) is 78.3 Å². The third-order valence-corrected chi connectivity index (χ3v) is 5.36. The Hall–Kier alpha value is -2.83. The Morgan fingerprint density at radius 1 is 1.19 bits per heavy atom. The second-order valence-corrected chi connectivity index (χ2v) is 8.15. The first kappa shape index (κ1) is 16.4. The minimum absolute atomic E-state index is 0.0691. The summed E-state index contributed by atoms with van der Waals surface area (Å²) < 4.78 is 13.4. The van der Waals surface area contributed by atoms with E-state index in [9.17, 15) is 4.79 Å². The number of ketones is 1. The van der Waals surface area contributed by atoms with Crippen LogP contribution in [0.5, 0.6) is 11.5 Å². The minimum atomic E-state index is -0.306. The van der Waals surface area contributed by atoms with Gasteiger partial charge in [-0.3, -0.25) is 4.79 Å². The molecule has 2 aliphatic heterocycles. The zero-order chi connectivity index (χ0) is 18.6. The summed E-state index contributed by atoms with van der Waals surface area (Å²) in [5, 5.41) is 7.72. The van der Waals surface area contributed by atoms with Gasteiger partial charge in [-0.1, -0.05) is 19.9 Å². The van der Waals surface area contributed by atoms with E-state index in [0.717, 1.165) is 41.2 Å². The molecule has 140 valence electrons. The van der Waals surface area contributed by atoms with Crippen LogP contribution < -0.4 is 14.8 Å². The lowest BCUT2D eigenvalue weighted by Gasteiger charge is -2.38. The lowest BCUT2D eigenvalue weighted by atomic mass is 9.73. The SMILES string of the molecule is CC1(C)CC(=O)C2=C(C1)Nc1ncnn1C2c1ccc2c(c1)OCCCO2. The molecule has 1 aliphatic carbocycles. The number of rotatable bonds is 1. The van der Waals surface area contributed by atoms with Crippen molar-refractivity contribution in [1.82, 2.24) is 14.8 Å². The van der Waals surface area contributed by atoms with Crippen molar-refractivity contribution in [1.29, 1.82) is 0 Å². The fraction of sp³-hybridized carbons (Fsp3) is 0.450. The molecule has 27 heavy (non-hydrogen) atoms. The minimum Gasteiger partial charge on any atom is -0.490 e. The monoisotopic (exact) mass is 366 g/mol. The molecule has 0 saturated heterocycles. The van der Waals surface area contributed by atoms with Crippen molar-refractivity contribution in [3.05, 3.63) is 41.4 Å². The molecule has 1 unspecified atom stereocenters. The summed E-state index contributed by atoms with van der Waals surface area (Å²) >= 11 is 0. The smallest absolute Gasteiger partial charge is 0.226 e. The van der Waals surface area contributed by atoms with Gasteiger partial charge in [0, 0.05) is 24.1 Å². The van der Waals surface area contributed by atoms with Crippen molar-refractivity contribution < 1.29 is 14.3 Å². The molecule has 1 atom stereocenters. The predicted molar refractivity (Wildman–Crippen MR) is 98.9 cm³/mol. The number of aromatic nitrogens is 3. The Morgan fingerprint density at radius 2 is 2.00 bits per heavy atom. The lowest BCUT2D eigenvalue weighted by Crippen LogP contribution is -2.36. The molecule has 0 bridgehead atoms. The van der Waals surface area contributed by atoms with Crippen molar-refractivity contribution in [3.8, 4) is 11.5 Å². The number of anilines is 1. The van der Waals surface area contributed by atoms with Gasteiger partial charge in [-0.15, -0.1) is 0 Å². The average molecular weight is 366 g/mol. The van der Waals surface area contributed by atoms with Crippen LogP contribution in [0.1, 0.15) is 44.7 Å². The number of carbonyl (C=O) groups excluding carboxylic acids is 1. The molecular weight excluding hydrogens is 344 g/mol. The van der Waals surface area contributed by atoms with Gasteiger partial charge < -0.3 is 14.8 Å². The Kier molecular flexibility index (Phi) is 3.54. The molecule has 0 spiro atoms. The molecule has 0 amide bonds. The van der Waals surface area contributed by atoms with Crippen molar-refractivity contribution in [3.63, 3.8) is 0 Å². The van der Waals surface area contributed by atoms with Gasteiger partial charge >= 0.3 is 0 Å². The van der Waals surface area contributed by atoms with E-state index in [1.165, 1.54) is 6.33 Å². The second-order valence-electron chi connectivity index (χ2n) is 8.15. The van der Waals surface area contributed by atoms with Crippen molar-refractivity contribution in [2.45, 2.75) is 39.2 Å². The third kappa shape index (κ3) is 2.69.